The smallest absolute Gasteiger partial charge is 0.272 e. The molecule has 9 nitrogen and oxygen atoms in total. The first-order valence-electron chi connectivity index (χ1n) is 16.3. The van der Waals surface area contributed by atoms with Gasteiger partial charge in [-0.3, -0.25) is 14.4 Å². The van der Waals surface area contributed by atoms with Crippen molar-refractivity contribution in [2.45, 2.75) is 30.1 Å². The average Bonchev–Trinajstić information content (AvgIpc) is 3.17. The summed E-state index contributed by atoms with van der Waals surface area (Å²) in [5, 5.41) is 8.21. The van der Waals surface area contributed by atoms with E-state index < -0.39 is 17.1 Å². The number of benzene rings is 5. The van der Waals surface area contributed by atoms with E-state index in [1.165, 1.54) is 11.8 Å². The lowest BCUT2D eigenvalue weighted by Gasteiger charge is -2.17. The molecule has 0 radical (unpaired) electrons. The van der Waals surface area contributed by atoms with Crippen molar-refractivity contribution in [3.63, 3.8) is 0 Å². The van der Waals surface area contributed by atoms with Crippen molar-refractivity contribution in [1.82, 2.24) is 5.32 Å². The Kier molecular flexibility index (Phi) is 12.9. The molecule has 0 aromatic heterocycles. The number of hydrogen-bond acceptors (Lipinski definition) is 7. The van der Waals surface area contributed by atoms with Crippen LogP contribution in [-0.2, 0) is 16.2 Å². The number of ether oxygens (including phenoxy) is 3. The number of thioether (sulfide) groups is 1. The summed E-state index contributed by atoms with van der Waals surface area (Å²) in [6.45, 7) is 2.36. The van der Waals surface area contributed by atoms with E-state index in [2.05, 4.69) is 16.0 Å². The van der Waals surface area contributed by atoms with E-state index in [1.54, 1.807) is 81.0 Å². The number of nitrogens with one attached hydrogen (secondary N) is 3. The summed E-state index contributed by atoms with van der Waals surface area (Å²) >= 11 is 1.38. The topological polar surface area (TPSA) is 115 Å². The third kappa shape index (κ3) is 10.7. The van der Waals surface area contributed by atoms with Gasteiger partial charge in [-0.15, -0.1) is 11.8 Å². The summed E-state index contributed by atoms with van der Waals surface area (Å²) in [7, 11) is 3.10. The summed E-state index contributed by atoms with van der Waals surface area (Å²) < 4.78 is 16.6. The van der Waals surface area contributed by atoms with Crippen LogP contribution >= 0.6 is 11.8 Å². The molecule has 0 bridgehead atoms. The van der Waals surface area contributed by atoms with Gasteiger partial charge in [0.2, 0.25) is 5.91 Å². The lowest BCUT2D eigenvalue weighted by Crippen LogP contribution is -2.30. The molecule has 260 valence electrons. The van der Waals surface area contributed by atoms with Crippen molar-refractivity contribution in [1.29, 1.82) is 0 Å². The number of carbonyl (C=O) groups is 3. The van der Waals surface area contributed by atoms with Crippen molar-refractivity contribution in [3.05, 3.63) is 150 Å². The van der Waals surface area contributed by atoms with E-state index in [0.29, 0.717) is 52.8 Å². The van der Waals surface area contributed by atoms with Crippen molar-refractivity contribution in [2.24, 2.45) is 0 Å². The predicted molar refractivity (Wildman–Crippen MR) is 202 cm³/mol. The Labute approximate surface area is 302 Å². The molecule has 0 fully saturated rings. The second kappa shape index (κ2) is 18.1. The highest BCUT2D eigenvalue weighted by atomic mass is 32.2. The molecule has 5 aromatic carbocycles. The molecular weight excluding hydrogens is 663 g/mol. The van der Waals surface area contributed by atoms with E-state index in [4.69, 9.17) is 14.2 Å². The van der Waals surface area contributed by atoms with Crippen LogP contribution < -0.4 is 30.2 Å². The SMILES string of the molecule is CCC(Sc1cccc(NC(=O)/C(=C\c2ccc(OCc3ccccc3)cc2)NC(=O)c2ccccc2)c1)C(=O)Nc1cc(OC)cc(OC)c1. The molecule has 0 aliphatic heterocycles. The van der Waals surface area contributed by atoms with Gasteiger partial charge < -0.3 is 30.2 Å². The molecule has 51 heavy (non-hydrogen) atoms. The van der Waals surface area contributed by atoms with Crippen LogP contribution in [0.2, 0.25) is 0 Å². The minimum atomic E-state index is -0.511. The highest BCUT2D eigenvalue weighted by molar-refractivity contribution is 8.00. The highest BCUT2D eigenvalue weighted by Gasteiger charge is 2.20. The van der Waals surface area contributed by atoms with Gasteiger partial charge in [0.05, 0.1) is 19.5 Å². The van der Waals surface area contributed by atoms with Crippen molar-refractivity contribution < 1.29 is 28.6 Å². The molecule has 10 heteroatoms. The third-order valence-corrected chi connectivity index (χ3v) is 8.98. The number of anilines is 2. The van der Waals surface area contributed by atoms with Gasteiger partial charge in [-0.05, 0) is 66.1 Å². The van der Waals surface area contributed by atoms with E-state index in [9.17, 15) is 14.4 Å². The first kappa shape index (κ1) is 36.3. The van der Waals surface area contributed by atoms with Gasteiger partial charge >= 0.3 is 0 Å². The number of rotatable bonds is 15. The quantitative estimate of drug-likeness (QED) is 0.0745. The van der Waals surface area contributed by atoms with Crippen molar-refractivity contribution in [3.8, 4) is 17.2 Å². The first-order chi connectivity index (χ1) is 24.8. The Bertz CT molecular complexity index is 1950. The van der Waals surface area contributed by atoms with E-state index in [1.807, 2.05) is 73.7 Å². The molecule has 0 saturated heterocycles. The molecule has 3 N–H and O–H groups in total. The summed E-state index contributed by atoms with van der Waals surface area (Å²) in [5.41, 5.74) is 3.27. The maximum absolute atomic E-state index is 13.7. The number of methoxy groups -OCH3 is 2. The molecule has 0 saturated carbocycles. The standard InChI is InChI=1S/C41H39N3O6S/c1-4-38(41(47)43-32-23-34(48-2)26-35(24-32)49-3)51-36-17-11-16-31(25-36)42-40(46)37(44-39(45)30-14-9-6-10-15-30)22-28-18-20-33(21-19-28)50-27-29-12-7-5-8-13-29/h5-26,38H,4,27H2,1-3H3,(H,42,46)(H,43,47)(H,44,45)/b37-22+. The second-order valence-electron chi connectivity index (χ2n) is 11.3. The normalized spacial score (nSPS) is 11.5. The number of amides is 3. The number of carbonyl (C=O) groups excluding carboxylic acids is 3. The maximum atomic E-state index is 13.7. The Morgan fingerprint density at radius 3 is 2.02 bits per heavy atom. The molecule has 5 rings (SSSR count). The Morgan fingerprint density at radius 2 is 1.37 bits per heavy atom. The van der Waals surface area contributed by atoms with Gasteiger partial charge in [0.1, 0.15) is 29.6 Å². The van der Waals surface area contributed by atoms with Crippen LogP contribution in [0, 0.1) is 0 Å². The van der Waals surface area contributed by atoms with Crippen LogP contribution in [0.15, 0.2) is 138 Å². The van der Waals surface area contributed by atoms with Gasteiger partial charge in [0.25, 0.3) is 11.8 Å². The summed E-state index contributed by atoms with van der Waals surface area (Å²) in [4.78, 5) is 40.9. The Hall–Kier alpha value is -6.00. The average molecular weight is 702 g/mol. The molecular formula is C41H39N3O6S. The van der Waals surface area contributed by atoms with Gasteiger partial charge in [0, 0.05) is 40.0 Å². The zero-order chi connectivity index (χ0) is 36.0. The van der Waals surface area contributed by atoms with Gasteiger partial charge in [-0.1, -0.05) is 73.7 Å². The zero-order valence-corrected chi connectivity index (χ0v) is 29.4. The van der Waals surface area contributed by atoms with Crippen LogP contribution in [0.4, 0.5) is 11.4 Å². The van der Waals surface area contributed by atoms with Gasteiger partial charge in [0.15, 0.2) is 0 Å². The molecule has 0 heterocycles. The first-order valence-corrected chi connectivity index (χ1v) is 17.2. The fraction of sp³-hybridized carbons (Fsp3) is 0.146. The molecule has 5 aromatic rings. The highest BCUT2D eigenvalue weighted by Crippen LogP contribution is 2.31. The van der Waals surface area contributed by atoms with Crippen molar-refractivity contribution in [2.75, 3.05) is 24.9 Å². The van der Waals surface area contributed by atoms with Crippen LogP contribution in [0.1, 0.15) is 34.8 Å². The van der Waals surface area contributed by atoms with Gasteiger partial charge in [-0.2, -0.15) is 0 Å². The second-order valence-corrected chi connectivity index (χ2v) is 12.6. The summed E-state index contributed by atoms with van der Waals surface area (Å²) in [6.07, 6.45) is 2.17. The molecule has 0 spiro atoms. The van der Waals surface area contributed by atoms with Crippen molar-refractivity contribution >= 4 is 46.9 Å². The number of hydrogen-bond donors (Lipinski definition) is 3. The lowest BCUT2D eigenvalue weighted by atomic mass is 10.1. The van der Waals surface area contributed by atoms with E-state index in [-0.39, 0.29) is 11.6 Å². The molecule has 1 unspecified atom stereocenters. The van der Waals surface area contributed by atoms with Gasteiger partial charge in [-0.25, -0.2) is 0 Å². The predicted octanol–water partition coefficient (Wildman–Crippen LogP) is 8.20. The Balaban J connectivity index is 1.29. The van der Waals surface area contributed by atoms with E-state index in [0.717, 1.165) is 10.5 Å². The lowest BCUT2D eigenvalue weighted by molar-refractivity contribution is -0.116. The molecule has 3 amide bonds. The monoisotopic (exact) mass is 701 g/mol. The minimum Gasteiger partial charge on any atom is -0.497 e. The molecule has 1 atom stereocenters. The zero-order valence-electron chi connectivity index (χ0n) is 28.6. The van der Waals surface area contributed by atoms with Crippen LogP contribution in [0.5, 0.6) is 17.2 Å². The van der Waals surface area contributed by atoms with Crippen LogP contribution in [-0.4, -0.2) is 37.2 Å². The minimum absolute atomic E-state index is 0.0550. The third-order valence-electron chi connectivity index (χ3n) is 7.62. The largest absolute Gasteiger partial charge is 0.497 e. The van der Waals surface area contributed by atoms with Crippen LogP contribution in [0.3, 0.4) is 0 Å². The Morgan fingerprint density at radius 1 is 0.706 bits per heavy atom. The van der Waals surface area contributed by atoms with Crippen LogP contribution in [0.25, 0.3) is 6.08 Å². The summed E-state index contributed by atoms with van der Waals surface area (Å²) in [5.74, 6) is 0.681. The fourth-order valence-corrected chi connectivity index (χ4v) is 5.96. The molecule has 0 aliphatic carbocycles. The fourth-order valence-electron chi connectivity index (χ4n) is 4.94. The maximum Gasteiger partial charge on any atom is 0.272 e. The van der Waals surface area contributed by atoms with E-state index >= 15 is 0 Å². The molecule has 0 aliphatic rings. The summed E-state index contributed by atoms with van der Waals surface area (Å²) in [6, 6.07) is 38.2.